The Bertz CT molecular complexity index is 1030. The highest BCUT2D eigenvalue weighted by atomic mass is 35.5. The zero-order valence-corrected chi connectivity index (χ0v) is 19.8. The lowest BCUT2D eigenvalue weighted by Gasteiger charge is -2.17. The van der Waals surface area contributed by atoms with E-state index < -0.39 is 12.1 Å². The summed E-state index contributed by atoms with van der Waals surface area (Å²) in [5.74, 6) is -0.941. The number of aliphatic carboxylic acids is 1. The van der Waals surface area contributed by atoms with E-state index in [1.54, 1.807) is 0 Å². The van der Waals surface area contributed by atoms with E-state index in [0.29, 0.717) is 11.4 Å². The molecule has 2 atom stereocenters. The lowest BCUT2D eigenvalue weighted by atomic mass is 9.93. The number of carboxylic acid groups (broad SMARTS) is 1. The number of benzene rings is 2. The van der Waals surface area contributed by atoms with Crippen molar-refractivity contribution in [3.63, 3.8) is 0 Å². The molecule has 3 rings (SSSR count). The number of aryl methyl sites for hydroxylation is 2. The van der Waals surface area contributed by atoms with E-state index >= 15 is 0 Å². The molecule has 0 spiro atoms. The first-order valence-corrected chi connectivity index (χ1v) is 11.9. The quantitative estimate of drug-likeness (QED) is 0.298. The van der Waals surface area contributed by atoms with Crippen molar-refractivity contribution in [3.05, 3.63) is 70.4 Å². The Balaban J connectivity index is 1.68. The first-order chi connectivity index (χ1) is 15.4. The third-order valence-corrected chi connectivity index (χ3v) is 6.51. The van der Waals surface area contributed by atoms with Crippen LogP contribution in [0.1, 0.15) is 68.4 Å². The highest BCUT2D eigenvalue weighted by molar-refractivity contribution is 6.31. The van der Waals surface area contributed by atoms with Gasteiger partial charge in [-0.1, -0.05) is 61.7 Å². The summed E-state index contributed by atoms with van der Waals surface area (Å²) >= 11 is 6.27. The predicted octanol–water partition coefficient (Wildman–Crippen LogP) is 6.71. The minimum atomic E-state index is -0.832. The van der Waals surface area contributed by atoms with Crippen molar-refractivity contribution in [2.45, 2.75) is 64.4 Å². The standard InChI is InChI=1S/C27H34ClNO3/c1-19(17-26(31)32)16-25(30)27-22-18-21(28)14-15-23(22)29(2)24(27)13-9-4-3-6-10-20-11-7-5-8-12-20/h5,7-8,11-12,14-15,18-19,25,30H,3-4,6,9-10,13,16-17H2,1-2H3,(H,31,32). The Labute approximate surface area is 195 Å². The Kier molecular flexibility index (Phi) is 8.77. The molecule has 2 unspecified atom stereocenters. The van der Waals surface area contributed by atoms with Gasteiger partial charge in [-0.25, -0.2) is 0 Å². The van der Waals surface area contributed by atoms with Gasteiger partial charge >= 0.3 is 5.97 Å². The average molecular weight is 456 g/mol. The predicted molar refractivity (Wildman–Crippen MR) is 131 cm³/mol. The summed E-state index contributed by atoms with van der Waals surface area (Å²) in [4.78, 5) is 11.1. The van der Waals surface area contributed by atoms with Gasteiger partial charge in [-0.15, -0.1) is 0 Å². The zero-order chi connectivity index (χ0) is 23.1. The first-order valence-electron chi connectivity index (χ1n) is 11.6. The van der Waals surface area contributed by atoms with E-state index in [2.05, 4.69) is 34.9 Å². The van der Waals surface area contributed by atoms with Crippen LogP contribution in [0.15, 0.2) is 48.5 Å². The molecule has 1 heterocycles. The Hall–Kier alpha value is -2.30. The molecule has 2 aromatic carbocycles. The SMILES string of the molecule is CC(CC(=O)O)CC(O)c1c(CCCCCCc2ccccc2)n(C)c2ccc(Cl)cc12. The van der Waals surface area contributed by atoms with E-state index in [9.17, 15) is 9.90 Å². The van der Waals surface area contributed by atoms with Gasteiger partial charge in [-0.3, -0.25) is 4.79 Å². The van der Waals surface area contributed by atoms with Gasteiger partial charge in [-0.05, 0) is 61.8 Å². The van der Waals surface area contributed by atoms with Crippen molar-refractivity contribution < 1.29 is 15.0 Å². The molecule has 0 aliphatic carbocycles. The second-order valence-corrected chi connectivity index (χ2v) is 9.37. The fourth-order valence-corrected chi connectivity index (χ4v) is 4.84. The number of hydrogen-bond donors (Lipinski definition) is 2. The van der Waals surface area contributed by atoms with Crippen molar-refractivity contribution in [2.24, 2.45) is 13.0 Å². The molecule has 0 bridgehead atoms. The number of unbranched alkanes of at least 4 members (excludes halogenated alkanes) is 3. The average Bonchev–Trinajstić information content (AvgIpc) is 3.01. The molecule has 0 saturated heterocycles. The number of hydrogen-bond acceptors (Lipinski definition) is 2. The maximum atomic E-state index is 11.1. The minimum Gasteiger partial charge on any atom is -0.481 e. The molecular weight excluding hydrogens is 422 g/mol. The van der Waals surface area contributed by atoms with Crippen LogP contribution in [-0.4, -0.2) is 20.7 Å². The second-order valence-electron chi connectivity index (χ2n) is 8.94. The molecule has 4 nitrogen and oxygen atoms in total. The van der Waals surface area contributed by atoms with E-state index in [0.717, 1.165) is 47.8 Å². The summed E-state index contributed by atoms with van der Waals surface area (Å²) < 4.78 is 2.16. The van der Waals surface area contributed by atoms with Gasteiger partial charge in [0.05, 0.1) is 6.10 Å². The molecule has 0 fully saturated rings. The lowest BCUT2D eigenvalue weighted by Crippen LogP contribution is -2.11. The maximum Gasteiger partial charge on any atom is 0.303 e. The van der Waals surface area contributed by atoms with Crippen molar-refractivity contribution in [2.75, 3.05) is 0 Å². The molecule has 0 saturated carbocycles. The molecule has 3 aromatic rings. The van der Waals surface area contributed by atoms with Gasteiger partial charge in [0.1, 0.15) is 0 Å². The topological polar surface area (TPSA) is 62.5 Å². The van der Waals surface area contributed by atoms with Crippen LogP contribution < -0.4 is 0 Å². The number of halogens is 1. The largest absolute Gasteiger partial charge is 0.481 e. The molecule has 172 valence electrons. The summed E-state index contributed by atoms with van der Waals surface area (Å²) in [5.41, 5.74) is 4.47. The molecule has 0 aliphatic rings. The third-order valence-electron chi connectivity index (χ3n) is 6.28. The van der Waals surface area contributed by atoms with Crippen LogP contribution in [0, 0.1) is 5.92 Å². The summed E-state index contributed by atoms with van der Waals surface area (Å²) in [7, 11) is 2.04. The van der Waals surface area contributed by atoms with Crippen molar-refractivity contribution in [3.8, 4) is 0 Å². The number of carboxylic acids is 1. The monoisotopic (exact) mass is 455 g/mol. The van der Waals surface area contributed by atoms with E-state index in [1.807, 2.05) is 32.2 Å². The number of aliphatic hydroxyl groups excluding tert-OH is 1. The van der Waals surface area contributed by atoms with Crippen LogP contribution in [0.5, 0.6) is 0 Å². The zero-order valence-electron chi connectivity index (χ0n) is 19.1. The third kappa shape index (κ3) is 6.36. The highest BCUT2D eigenvalue weighted by Gasteiger charge is 2.23. The fourth-order valence-electron chi connectivity index (χ4n) is 4.67. The fraction of sp³-hybridized carbons (Fsp3) is 0.444. The van der Waals surface area contributed by atoms with Gasteiger partial charge in [0.15, 0.2) is 0 Å². The molecule has 5 heteroatoms. The van der Waals surface area contributed by atoms with E-state index in [4.69, 9.17) is 16.7 Å². The van der Waals surface area contributed by atoms with Crippen LogP contribution in [0.25, 0.3) is 10.9 Å². The van der Waals surface area contributed by atoms with Gasteiger partial charge in [0, 0.05) is 40.7 Å². The van der Waals surface area contributed by atoms with Crippen LogP contribution in [0.2, 0.25) is 5.02 Å². The first kappa shape index (κ1) is 24.3. The van der Waals surface area contributed by atoms with Gasteiger partial charge < -0.3 is 14.8 Å². The number of aliphatic hydroxyl groups is 1. The summed E-state index contributed by atoms with van der Waals surface area (Å²) in [6.07, 6.45) is 6.31. The highest BCUT2D eigenvalue weighted by Crippen LogP contribution is 2.36. The number of nitrogens with zero attached hydrogens (tertiary/aromatic N) is 1. The number of rotatable bonds is 12. The Morgan fingerprint density at radius 2 is 1.72 bits per heavy atom. The second kappa shape index (κ2) is 11.5. The van der Waals surface area contributed by atoms with Gasteiger partial charge in [0.25, 0.3) is 0 Å². The normalized spacial score (nSPS) is 13.4. The lowest BCUT2D eigenvalue weighted by molar-refractivity contribution is -0.138. The maximum absolute atomic E-state index is 11.1. The van der Waals surface area contributed by atoms with Gasteiger partial charge in [0.2, 0.25) is 0 Å². The van der Waals surface area contributed by atoms with Crippen molar-refractivity contribution in [1.82, 2.24) is 4.57 Å². The molecule has 0 amide bonds. The minimum absolute atomic E-state index is 0.0549. The number of aromatic nitrogens is 1. The smallest absolute Gasteiger partial charge is 0.303 e. The Morgan fingerprint density at radius 3 is 2.41 bits per heavy atom. The summed E-state index contributed by atoms with van der Waals surface area (Å²) in [6.45, 7) is 1.88. The molecule has 32 heavy (non-hydrogen) atoms. The number of fused-ring (bicyclic) bond motifs is 1. The molecule has 0 radical (unpaired) electrons. The summed E-state index contributed by atoms with van der Waals surface area (Å²) in [6, 6.07) is 16.4. The van der Waals surface area contributed by atoms with Crippen molar-refractivity contribution in [1.29, 1.82) is 0 Å². The van der Waals surface area contributed by atoms with Crippen LogP contribution in [0.4, 0.5) is 0 Å². The molecular formula is C27H34ClNO3. The van der Waals surface area contributed by atoms with E-state index in [1.165, 1.54) is 18.4 Å². The van der Waals surface area contributed by atoms with Gasteiger partial charge in [-0.2, -0.15) is 0 Å². The Morgan fingerprint density at radius 1 is 1.03 bits per heavy atom. The van der Waals surface area contributed by atoms with E-state index in [-0.39, 0.29) is 12.3 Å². The van der Waals surface area contributed by atoms with Crippen LogP contribution in [0.3, 0.4) is 0 Å². The molecule has 2 N–H and O–H groups in total. The van der Waals surface area contributed by atoms with Crippen LogP contribution >= 0.6 is 11.6 Å². The summed E-state index contributed by atoms with van der Waals surface area (Å²) in [5, 5.41) is 21.8. The molecule has 0 aliphatic heterocycles. The van der Waals surface area contributed by atoms with Crippen LogP contribution in [-0.2, 0) is 24.7 Å². The number of carbonyl (C=O) groups is 1. The molecule has 1 aromatic heterocycles. The van der Waals surface area contributed by atoms with Crippen molar-refractivity contribution >= 4 is 28.5 Å².